The molecule has 1 amide bonds. The van der Waals surface area contributed by atoms with Crippen LogP contribution in [0, 0.1) is 11.8 Å². The third-order valence-electron chi connectivity index (χ3n) is 4.15. The Bertz CT molecular complexity index is 499. The van der Waals surface area contributed by atoms with E-state index < -0.39 is 0 Å². The lowest BCUT2D eigenvalue weighted by Gasteiger charge is -2.22. The van der Waals surface area contributed by atoms with Gasteiger partial charge >= 0.3 is 0 Å². The molecule has 2 rings (SSSR count). The standard InChI is InChI=1S/C19H30N2O3/c1-15(2)13-23-12-10-18(22)21-19-17(9-6-11-20-19)24-14-16-7-4-3-5-8-16/h6,9,11,15-16H,3-5,7-8,10,12-14H2,1-2H3,(H,20,21,22). The maximum atomic E-state index is 12.0. The number of anilines is 1. The van der Waals surface area contributed by atoms with E-state index >= 15 is 0 Å². The quantitative estimate of drug-likeness (QED) is 0.692. The second-order valence-corrected chi connectivity index (χ2v) is 6.93. The van der Waals surface area contributed by atoms with E-state index in [4.69, 9.17) is 9.47 Å². The summed E-state index contributed by atoms with van der Waals surface area (Å²) >= 11 is 0. The van der Waals surface area contributed by atoms with Gasteiger partial charge in [0.2, 0.25) is 5.91 Å². The average Bonchev–Trinajstić information content (AvgIpc) is 2.59. The summed E-state index contributed by atoms with van der Waals surface area (Å²) in [7, 11) is 0. The summed E-state index contributed by atoms with van der Waals surface area (Å²) in [5, 5.41) is 2.83. The van der Waals surface area contributed by atoms with E-state index in [0.29, 0.717) is 49.6 Å². The van der Waals surface area contributed by atoms with Gasteiger partial charge in [0, 0.05) is 12.8 Å². The van der Waals surface area contributed by atoms with Gasteiger partial charge in [-0.15, -0.1) is 0 Å². The molecule has 0 radical (unpaired) electrons. The molecule has 1 aromatic heterocycles. The fourth-order valence-corrected chi connectivity index (χ4v) is 2.84. The highest BCUT2D eigenvalue weighted by molar-refractivity contribution is 5.91. The smallest absolute Gasteiger partial charge is 0.227 e. The first kappa shape index (κ1) is 18.7. The highest BCUT2D eigenvalue weighted by Gasteiger charge is 2.15. The molecule has 1 aliphatic carbocycles. The Morgan fingerprint density at radius 3 is 2.88 bits per heavy atom. The molecule has 1 N–H and O–H groups in total. The van der Waals surface area contributed by atoms with Gasteiger partial charge in [0.05, 0.1) is 19.6 Å². The van der Waals surface area contributed by atoms with Crippen LogP contribution in [-0.2, 0) is 9.53 Å². The number of rotatable bonds is 9. The number of ether oxygens (including phenoxy) is 2. The molecule has 0 spiro atoms. The van der Waals surface area contributed by atoms with Gasteiger partial charge in [-0.2, -0.15) is 0 Å². The number of carbonyl (C=O) groups is 1. The first-order valence-corrected chi connectivity index (χ1v) is 9.10. The van der Waals surface area contributed by atoms with Crippen molar-refractivity contribution in [2.75, 3.05) is 25.1 Å². The molecule has 24 heavy (non-hydrogen) atoms. The zero-order chi connectivity index (χ0) is 17.2. The summed E-state index contributed by atoms with van der Waals surface area (Å²) in [6.45, 7) is 5.97. The van der Waals surface area contributed by atoms with Crippen LogP contribution >= 0.6 is 0 Å². The number of nitrogens with zero attached hydrogens (tertiary/aromatic N) is 1. The SMILES string of the molecule is CC(C)COCCC(=O)Nc1ncccc1OCC1CCCCC1. The van der Waals surface area contributed by atoms with Crippen LogP contribution in [0.15, 0.2) is 18.3 Å². The van der Waals surface area contributed by atoms with Crippen LogP contribution in [0.4, 0.5) is 5.82 Å². The third kappa shape index (κ3) is 6.87. The van der Waals surface area contributed by atoms with E-state index in [9.17, 15) is 4.79 Å². The van der Waals surface area contributed by atoms with Crippen molar-refractivity contribution >= 4 is 11.7 Å². The molecule has 0 aromatic carbocycles. The lowest BCUT2D eigenvalue weighted by Crippen LogP contribution is -2.18. The van der Waals surface area contributed by atoms with Gasteiger partial charge < -0.3 is 14.8 Å². The van der Waals surface area contributed by atoms with Crippen LogP contribution in [0.5, 0.6) is 5.75 Å². The Labute approximate surface area is 145 Å². The van der Waals surface area contributed by atoms with E-state index in [2.05, 4.69) is 24.1 Å². The highest BCUT2D eigenvalue weighted by atomic mass is 16.5. The Morgan fingerprint density at radius 1 is 1.33 bits per heavy atom. The highest BCUT2D eigenvalue weighted by Crippen LogP contribution is 2.27. The van der Waals surface area contributed by atoms with Crippen molar-refractivity contribution in [2.45, 2.75) is 52.4 Å². The molecule has 0 saturated heterocycles. The molecule has 0 unspecified atom stereocenters. The average molecular weight is 334 g/mol. The van der Waals surface area contributed by atoms with Crippen molar-refractivity contribution < 1.29 is 14.3 Å². The number of nitrogens with one attached hydrogen (secondary N) is 1. The van der Waals surface area contributed by atoms with E-state index in [0.717, 1.165) is 0 Å². The molecule has 0 bridgehead atoms. The van der Waals surface area contributed by atoms with Gasteiger partial charge in [0.1, 0.15) is 0 Å². The monoisotopic (exact) mass is 334 g/mol. The molecule has 1 fully saturated rings. The fourth-order valence-electron chi connectivity index (χ4n) is 2.84. The minimum atomic E-state index is -0.0972. The third-order valence-corrected chi connectivity index (χ3v) is 4.15. The van der Waals surface area contributed by atoms with Gasteiger partial charge in [0.15, 0.2) is 11.6 Å². The van der Waals surface area contributed by atoms with E-state index in [-0.39, 0.29) is 5.91 Å². The molecule has 5 heteroatoms. The zero-order valence-corrected chi connectivity index (χ0v) is 14.9. The van der Waals surface area contributed by atoms with Crippen LogP contribution in [-0.4, -0.2) is 30.7 Å². The predicted molar refractivity (Wildman–Crippen MR) is 95.2 cm³/mol. The molecular formula is C19H30N2O3. The summed E-state index contributed by atoms with van der Waals surface area (Å²) in [4.78, 5) is 16.3. The summed E-state index contributed by atoms with van der Waals surface area (Å²) in [5.41, 5.74) is 0. The summed E-state index contributed by atoms with van der Waals surface area (Å²) < 4.78 is 11.4. The molecule has 1 saturated carbocycles. The van der Waals surface area contributed by atoms with Crippen molar-refractivity contribution in [3.8, 4) is 5.75 Å². The largest absolute Gasteiger partial charge is 0.489 e. The summed E-state index contributed by atoms with van der Waals surface area (Å²) in [5.74, 6) is 2.15. The molecule has 1 aromatic rings. The molecule has 1 heterocycles. The topological polar surface area (TPSA) is 60.5 Å². The van der Waals surface area contributed by atoms with Crippen LogP contribution in [0.25, 0.3) is 0 Å². The van der Waals surface area contributed by atoms with Crippen LogP contribution in [0.1, 0.15) is 52.4 Å². The van der Waals surface area contributed by atoms with Crippen molar-refractivity contribution in [1.29, 1.82) is 0 Å². The summed E-state index contributed by atoms with van der Waals surface area (Å²) in [6, 6.07) is 3.69. The molecular weight excluding hydrogens is 304 g/mol. The summed E-state index contributed by atoms with van der Waals surface area (Å²) in [6.07, 6.45) is 8.37. The second kappa shape index (κ2) is 10.3. The van der Waals surface area contributed by atoms with E-state index in [1.165, 1.54) is 32.1 Å². The number of hydrogen-bond acceptors (Lipinski definition) is 4. The maximum Gasteiger partial charge on any atom is 0.227 e. The first-order chi connectivity index (χ1) is 11.6. The van der Waals surface area contributed by atoms with E-state index in [1.807, 2.05) is 12.1 Å². The minimum Gasteiger partial charge on any atom is -0.489 e. The minimum absolute atomic E-state index is 0.0972. The van der Waals surface area contributed by atoms with Crippen molar-refractivity contribution in [3.05, 3.63) is 18.3 Å². The second-order valence-electron chi connectivity index (χ2n) is 6.93. The molecule has 1 aliphatic rings. The first-order valence-electron chi connectivity index (χ1n) is 9.10. The maximum absolute atomic E-state index is 12.0. The van der Waals surface area contributed by atoms with Gasteiger partial charge in [-0.3, -0.25) is 4.79 Å². The molecule has 0 atom stereocenters. The molecule has 0 aliphatic heterocycles. The number of amides is 1. The lowest BCUT2D eigenvalue weighted by atomic mass is 9.90. The van der Waals surface area contributed by atoms with Gasteiger partial charge in [-0.1, -0.05) is 33.1 Å². The number of aromatic nitrogens is 1. The Morgan fingerprint density at radius 2 is 2.12 bits per heavy atom. The van der Waals surface area contributed by atoms with Crippen molar-refractivity contribution in [3.63, 3.8) is 0 Å². The van der Waals surface area contributed by atoms with Gasteiger partial charge in [-0.05, 0) is 36.8 Å². The van der Waals surface area contributed by atoms with Gasteiger partial charge in [-0.25, -0.2) is 4.98 Å². The van der Waals surface area contributed by atoms with Gasteiger partial charge in [0.25, 0.3) is 0 Å². The Kier molecular flexibility index (Phi) is 8.02. The van der Waals surface area contributed by atoms with Crippen molar-refractivity contribution in [1.82, 2.24) is 4.98 Å². The van der Waals surface area contributed by atoms with Crippen LogP contribution < -0.4 is 10.1 Å². The number of pyridine rings is 1. The Hall–Kier alpha value is -1.62. The molecule has 5 nitrogen and oxygen atoms in total. The van der Waals surface area contributed by atoms with E-state index in [1.54, 1.807) is 6.20 Å². The molecule has 134 valence electrons. The number of carbonyl (C=O) groups excluding carboxylic acids is 1. The fraction of sp³-hybridized carbons (Fsp3) is 0.684. The van der Waals surface area contributed by atoms with Crippen molar-refractivity contribution in [2.24, 2.45) is 11.8 Å². The lowest BCUT2D eigenvalue weighted by molar-refractivity contribution is -0.117. The number of hydrogen-bond donors (Lipinski definition) is 1. The zero-order valence-electron chi connectivity index (χ0n) is 14.9. The van der Waals surface area contributed by atoms with Crippen LogP contribution in [0.3, 0.4) is 0 Å². The Balaban J connectivity index is 1.78. The predicted octanol–water partition coefficient (Wildman–Crippen LogP) is 4.04. The normalized spacial score (nSPS) is 15.5. The van der Waals surface area contributed by atoms with Crippen LogP contribution in [0.2, 0.25) is 0 Å².